The predicted octanol–water partition coefficient (Wildman–Crippen LogP) is 2.62. The SMILES string of the molecule is COc1ccc(CNc2nc(C3CC3)ns2)cc1N. The van der Waals surface area contributed by atoms with E-state index in [0.29, 0.717) is 23.9 Å². The quantitative estimate of drug-likeness (QED) is 0.821. The third-order valence-electron chi connectivity index (χ3n) is 3.12. The van der Waals surface area contributed by atoms with E-state index >= 15 is 0 Å². The van der Waals surface area contributed by atoms with Crippen LogP contribution in [0.5, 0.6) is 5.75 Å². The summed E-state index contributed by atoms with van der Waals surface area (Å²) in [6.07, 6.45) is 2.45. The Labute approximate surface area is 116 Å². The molecule has 0 aliphatic heterocycles. The lowest BCUT2D eigenvalue weighted by Gasteiger charge is -2.07. The first-order valence-electron chi connectivity index (χ1n) is 6.26. The van der Waals surface area contributed by atoms with Crippen LogP contribution in [0.1, 0.15) is 30.1 Å². The van der Waals surface area contributed by atoms with Crippen molar-refractivity contribution < 1.29 is 4.74 Å². The van der Waals surface area contributed by atoms with E-state index in [1.54, 1.807) is 7.11 Å². The maximum absolute atomic E-state index is 5.87. The summed E-state index contributed by atoms with van der Waals surface area (Å²) in [5, 5.41) is 4.15. The molecule has 1 saturated carbocycles. The van der Waals surface area contributed by atoms with Crippen LogP contribution in [0.2, 0.25) is 0 Å². The summed E-state index contributed by atoms with van der Waals surface area (Å²) in [7, 11) is 1.62. The molecule has 0 unspecified atom stereocenters. The van der Waals surface area contributed by atoms with E-state index in [0.717, 1.165) is 16.5 Å². The number of benzene rings is 1. The highest BCUT2D eigenvalue weighted by Gasteiger charge is 2.27. The van der Waals surface area contributed by atoms with Gasteiger partial charge in [0.2, 0.25) is 5.13 Å². The molecule has 0 radical (unpaired) electrons. The second-order valence-electron chi connectivity index (χ2n) is 4.66. The maximum atomic E-state index is 5.87. The number of hydrogen-bond acceptors (Lipinski definition) is 6. The van der Waals surface area contributed by atoms with Crippen LogP contribution in [-0.4, -0.2) is 16.5 Å². The molecule has 0 bridgehead atoms. The molecule has 2 aromatic rings. The number of nitrogens with two attached hydrogens (primary N) is 1. The Morgan fingerprint density at radius 3 is 3.00 bits per heavy atom. The highest BCUT2D eigenvalue weighted by Crippen LogP contribution is 2.39. The Morgan fingerprint density at radius 1 is 1.47 bits per heavy atom. The van der Waals surface area contributed by atoms with Crippen molar-refractivity contribution in [1.29, 1.82) is 0 Å². The molecule has 19 heavy (non-hydrogen) atoms. The van der Waals surface area contributed by atoms with Gasteiger partial charge < -0.3 is 15.8 Å². The molecular weight excluding hydrogens is 260 g/mol. The molecule has 1 aliphatic carbocycles. The van der Waals surface area contributed by atoms with Crippen molar-refractivity contribution >= 4 is 22.4 Å². The summed E-state index contributed by atoms with van der Waals surface area (Å²) in [6, 6.07) is 5.78. The summed E-state index contributed by atoms with van der Waals surface area (Å²) in [6.45, 7) is 0.688. The number of methoxy groups -OCH3 is 1. The van der Waals surface area contributed by atoms with Gasteiger partial charge in [-0.05, 0) is 30.5 Å². The van der Waals surface area contributed by atoms with E-state index in [9.17, 15) is 0 Å². The van der Waals surface area contributed by atoms with E-state index in [-0.39, 0.29) is 0 Å². The third kappa shape index (κ3) is 2.78. The van der Waals surface area contributed by atoms with Crippen molar-refractivity contribution in [3.8, 4) is 5.75 Å². The third-order valence-corrected chi connectivity index (χ3v) is 3.81. The highest BCUT2D eigenvalue weighted by atomic mass is 32.1. The van der Waals surface area contributed by atoms with Crippen molar-refractivity contribution in [2.75, 3.05) is 18.2 Å². The van der Waals surface area contributed by atoms with Gasteiger partial charge in [-0.25, -0.2) is 4.98 Å². The number of nitrogen functional groups attached to an aromatic ring is 1. The van der Waals surface area contributed by atoms with Crippen molar-refractivity contribution in [3.05, 3.63) is 29.6 Å². The van der Waals surface area contributed by atoms with E-state index < -0.39 is 0 Å². The van der Waals surface area contributed by atoms with Gasteiger partial charge in [-0.3, -0.25) is 0 Å². The molecule has 0 saturated heterocycles. The van der Waals surface area contributed by atoms with E-state index in [2.05, 4.69) is 14.7 Å². The fourth-order valence-electron chi connectivity index (χ4n) is 1.89. The zero-order chi connectivity index (χ0) is 13.2. The number of nitrogens with zero attached hydrogens (tertiary/aromatic N) is 2. The smallest absolute Gasteiger partial charge is 0.202 e. The summed E-state index contributed by atoms with van der Waals surface area (Å²) in [5.74, 6) is 2.29. The Balaban J connectivity index is 1.62. The average Bonchev–Trinajstić information content (AvgIpc) is 3.16. The van der Waals surface area contributed by atoms with Gasteiger partial charge in [-0.15, -0.1) is 0 Å². The summed E-state index contributed by atoms with van der Waals surface area (Å²) >= 11 is 1.42. The molecule has 3 N–H and O–H groups in total. The van der Waals surface area contributed by atoms with Gasteiger partial charge in [0.05, 0.1) is 12.8 Å². The van der Waals surface area contributed by atoms with Crippen molar-refractivity contribution in [3.63, 3.8) is 0 Å². The average molecular weight is 276 g/mol. The van der Waals surface area contributed by atoms with Crippen LogP contribution in [0.3, 0.4) is 0 Å². The van der Waals surface area contributed by atoms with Crippen LogP contribution in [0.15, 0.2) is 18.2 Å². The molecule has 1 aromatic carbocycles. The number of aromatic nitrogens is 2. The topological polar surface area (TPSA) is 73.1 Å². The van der Waals surface area contributed by atoms with Gasteiger partial charge >= 0.3 is 0 Å². The van der Waals surface area contributed by atoms with Gasteiger partial charge in [0.1, 0.15) is 11.6 Å². The molecule has 1 aliphatic rings. The molecule has 1 heterocycles. The van der Waals surface area contributed by atoms with Gasteiger partial charge in [0.25, 0.3) is 0 Å². The molecule has 1 fully saturated rings. The minimum Gasteiger partial charge on any atom is -0.495 e. The lowest BCUT2D eigenvalue weighted by molar-refractivity contribution is 0.417. The highest BCUT2D eigenvalue weighted by molar-refractivity contribution is 7.09. The van der Waals surface area contributed by atoms with Crippen LogP contribution in [-0.2, 0) is 6.54 Å². The van der Waals surface area contributed by atoms with Crippen LogP contribution < -0.4 is 15.8 Å². The van der Waals surface area contributed by atoms with E-state index in [1.165, 1.54) is 24.4 Å². The second kappa shape index (κ2) is 5.05. The molecule has 0 amide bonds. The lowest BCUT2D eigenvalue weighted by atomic mass is 10.2. The fourth-order valence-corrected chi connectivity index (χ4v) is 2.53. The molecule has 0 spiro atoms. The zero-order valence-electron chi connectivity index (χ0n) is 10.7. The minimum absolute atomic E-state index is 0.600. The standard InChI is InChI=1S/C13H16N4OS/c1-18-11-5-2-8(6-10(11)14)7-15-13-16-12(17-19-13)9-3-4-9/h2,5-6,9H,3-4,7,14H2,1H3,(H,15,16,17). The van der Waals surface area contributed by atoms with Gasteiger partial charge in [-0.1, -0.05) is 6.07 Å². The normalized spacial score (nSPS) is 14.4. The van der Waals surface area contributed by atoms with Crippen molar-refractivity contribution in [2.24, 2.45) is 0 Å². The number of ether oxygens (including phenoxy) is 1. The van der Waals surface area contributed by atoms with Crippen molar-refractivity contribution in [1.82, 2.24) is 9.36 Å². The number of anilines is 2. The first-order valence-corrected chi connectivity index (χ1v) is 7.03. The molecule has 3 rings (SSSR count). The van der Waals surface area contributed by atoms with E-state index in [4.69, 9.17) is 10.5 Å². The lowest BCUT2D eigenvalue weighted by Crippen LogP contribution is -2.01. The fraction of sp³-hybridized carbons (Fsp3) is 0.385. The predicted molar refractivity (Wildman–Crippen MR) is 76.6 cm³/mol. The summed E-state index contributed by atoms with van der Waals surface area (Å²) in [5.41, 5.74) is 7.62. The molecular formula is C13H16N4OS. The van der Waals surface area contributed by atoms with Crippen LogP contribution >= 0.6 is 11.5 Å². The Morgan fingerprint density at radius 2 is 2.32 bits per heavy atom. The van der Waals surface area contributed by atoms with Crippen LogP contribution in [0, 0.1) is 0 Å². The Kier molecular flexibility index (Phi) is 3.25. The first kappa shape index (κ1) is 12.2. The van der Waals surface area contributed by atoms with Crippen molar-refractivity contribution in [2.45, 2.75) is 25.3 Å². The molecule has 100 valence electrons. The van der Waals surface area contributed by atoms with Gasteiger partial charge in [-0.2, -0.15) is 4.37 Å². The molecule has 0 atom stereocenters. The monoisotopic (exact) mass is 276 g/mol. The molecule has 6 heteroatoms. The van der Waals surface area contributed by atoms with Gasteiger partial charge in [0, 0.05) is 24.0 Å². The number of rotatable bonds is 5. The minimum atomic E-state index is 0.600. The maximum Gasteiger partial charge on any atom is 0.202 e. The number of hydrogen-bond donors (Lipinski definition) is 2. The van der Waals surface area contributed by atoms with E-state index in [1.807, 2.05) is 18.2 Å². The second-order valence-corrected chi connectivity index (χ2v) is 5.41. The number of nitrogens with one attached hydrogen (secondary N) is 1. The van der Waals surface area contributed by atoms with Crippen LogP contribution in [0.25, 0.3) is 0 Å². The Hall–Kier alpha value is -1.82. The molecule has 5 nitrogen and oxygen atoms in total. The summed E-state index contributed by atoms with van der Waals surface area (Å²) < 4.78 is 9.49. The van der Waals surface area contributed by atoms with Gasteiger partial charge in [0.15, 0.2) is 0 Å². The molecule has 1 aromatic heterocycles. The van der Waals surface area contributed by atoms with Crippen LogP contribution in [0.4, 0.5) is 10.8 Å². The Bertz CT molecular complexity index is 580. The largest absolute Gasteiger partial charge is 0.495 e. The first-order chi connectivity index (χ1) is 9.26. The summed E-state index contributed by atoms with van der Waals surface area (Å²) in [4.78, 5) is 4.48. The zero-order valence-corrected chi connectivity index (χ0v) is 11.5.